The molecule has 0 spiro atoms. The summed E-state index contributed by atoms with van der Waals surface area (Å²) in [6, 6.07) is 15.3. The number of nitrogens with one attached hydrogen (secondary N) is 1. The van der Waals surface area contributed by atoms with Crippen molar-refractivity contribution < 1.29 is 24.2 Å². The van der Waals surface area contributed by atoms with Crippen molar-refractivity contribution in [1.82, 2.24) is 5.32 Å². The standard InChI is InChI=1S/C18H19NO5/c1-23-15-9-5-6-10-16(15)24-12-17(20)19-14(11-18(21)22)13-7-3-2-4-8-13/h2-10,14H,11-12H2,1H3,(H,19,20)(H,21,22)/t14-/m1/s1. The fourth-order valence-corrected chi connectivity index (χ4v) is 2.23. The zero-order valence-electron chi connectivity index (χ0n) is 13.3. The van der Waals surface area contributed by atoms with Crippen LogP contribution in [0.25, 0.3) is 0 Å². The Kier molecular flexibility index (Phi) is 6.19. The second-order valence-electron chi connectivity index (χ2n) is 5.07. The maximum absolute atomic E-state index is 12.1. The van der Waals surface area contributed by atoms with E-state index >= 15 is 0 Å². The summed E-state index contributed by atoms with van der Waals surface area (Å²) in [6.45, 7) is -0.233. The Hall–Kier alpha value is -3.02. The third-order valence-corrected chi connectivity index (χ3v) is 3.34. The van der Waals surface area contributed by atoms with Gasteiger partial charge in [0.25, 0.3) is 5.91 Å². The van der Waals surface area contributed by atoms with Crippen molar-refractivity contribution in [3.63, 3.8) is 0 Å². The van der Waals surface area contributed by atoms with E-state index in [0.29, 0.717) is 11.5 Å². The van der Waals surface area contributed by atoms with E-state index in [-0.39, 0.29) is 13.0 Å². The van der Waals surface area contributed by atoms with Crippen molar-refractivity contribution in [2.45, 2.75) is 12.5 Å². The number of hydrogen-bond donors (Lipinski definition) is 2. The van der Waals surface area contributed by atoms with Gasteiger partial charge in [-0.2, -0.15) is 0 Å². The SMILES string of the molecule is COc1ccccc1OCC(=O)N[C@H](CC(=O)O)c1ccccc1. The number of benzene rings is 2. The van der Waals surface area contributed by atoms with E-state index in [1.54, 1.807) is 48.5 Å². The summed E-state index contributed by atoms with van der Waals surface area (Å²) in [5.74, 6) is -0.425. The lowest BCUT2D eigenvalue weighted by Gasteiger charge is -2.18. The van der Waals surface area contributed by atoms with E-state index in [4.69, 9.17) is 14.6 Å². The monoisotopic (exact) mass is 329 g/mol. The Morgan fingerprint density at radius 2 is 1.67 bits per heavy atom. The van der Waals surface area contributed by atoms with Crippen LogP contribution in [0, 0.1) is 0 Å². The Morgan fingerprint density at radius 3 is 2.29 bits per heavy atom. The van der Waals surface area contributed by atoms with E-state index < -0.39 is 17.9 Å². The average molecular weight is 329 g/mol. The predicted octanol–water partition coefficient (Wildman–Crippen LogP) is 2.41. The summed E-state index contributed by atoms with van der Waals surface area (Å²) >= 11 is 0. The van der Waals surface area contributed by atoms with Crippen LogP contribution in [0.15, 0.2) is 54.6 Å². The first kappa shape index (κ1) is 17.3. The van der Waals surface area contributed by atoms with Crippen molar-refractivity contribution in [3.05, 3.63) is 60.2 Å². The Bertz CT molecular complexity index is 687. The molecule has 0 aliphatic carbocycles. The second-order valence-corrected chi connectivity index (χ2v) is 5.07. The maximum Gasteiger partial charge on any atom is 0.305 e. The Labute approximate surface area is 140 Å². The zero-order chi connectivity index (χ0) is 17.4. The number of carboxylic acids is 1. The number of carbonyl (C=O) groups excluding carboxylic acids is 1. The van der Waals surface area contributed by atoms with Crippen LogP contribution in [0.2, 0.25) is 0 Å². The second kappa shape index (κ2) is 8.57. The lowest BCUT2D eigenvalue weighted by molar-refractivity contribution is -0.137. The zero-order valence-corrected chi connectivity index (χ0v) is 13.3. The fourth-order valence-electron chi connectivity index (χ4n) is 2.23. The fraction of sp³-hybridized carbons (Fsp3) is 0.222. The molecule has 2 aromatic rings. The number of rotatable bonds is 8. The van der Waals surface area contributed by atoms with E-state index in [0.717, 1.165) is 5.56 Å². The molecule has 0 aliphatic heterocycles. The number of hydrogen-bond acceptors (Lipinski definition) is 4. The summed E-state index contributed by atoms with van der Waals surface area (Å²) in [5, 5.41) is 11.7. The van der Waals surface area contributed by atoms with Crippen LogP contribution in [-0.4, -0.2) is 30.7 Å². The molecule has 0 aliphatic rings. The first-order valence-corrected chi connectivity index (χ1v) is 7.42. The van der Waals surface area contributed by atoms with Gasteiger partial charge >= 0.3 is 5.97 Å². The summed E-state index contributed by atoms with van der Waals surface area (Å²) in [7, 11) is 1.51. The molecule has 0 heterocycles. The van der Waals surface area contributed by atoms with Crippen molar-refractivity contribution in [2.24, 2.45) is 0 Å². The van der Waals surface area contributed by atoms with Crippen LogP contribution in [0.5, 0.6) is 11.5 Å². The van der Waals surface area contributed by atoms with Crippen LogP contribution in [-0.2, 0) is 9.59 Å². The summed E-state index contributed by atoms with van der Waals surface area (Å²) in [5.41, 5.74) is 0.727. The topological polar surface area (TPSA) is 84.9 Å². The number of amides is 1. The molecule has 1 atom stereocenters. The summed E-state index contributed by atoms with van der Waals surface area (Å²) < 4.78 is 10.6. The number of carboxylic acid groups (broad SMARTS) is 1. The van der Waals surface area contributed by atoms with Gasteiger partial charge in [-0.1, -0.05) is 42.5 Å². The molecule has 0 unspecified atom stereocenters. The molecule has 0 fully saturated rings. The molecule has 1 amide bonds. The van der Waals surface area contributed by atoms with Crippen LogP contribution >= 0.6 is 0 Å². The number of methoxy groups -OCH3 is 1. The Balaban J connectivity index is 1.99. The van der Waals surface area contributed by atoms with Gasteiger partial charge in [0.15, 0.2) is 18.1 Å². The van der Waals surface area contributed by atoms with Gasteiger partial charge < -0.3 is 19.9 Å². The van der Waals surface area contributed by atoms with Crippen LogP contribution in [0.3, 0.4) is 0 Å². The minimum atomic E-state index is -0.991. The van der Waals surface area contributed by atoms with E-state index in [2.05, 4.69) is 5.32 Å². The molecule has 0 radical (unpaired) electrons. The molecular formula is C18H19NO5. The van der Waals surface area contributed by atoms with Crippen LogP contribution in [0.4, 0.5) is 0 Å². The molecule has 0 saturated carbocycles. The van der Waals surface area contributed by atoms with Gasteiger partial charge in [-0.25, -0.2) is 0 Å². The third kappa shape index (κ3) is 5.01. The molecule has 6 heteroatoms. The first-order valence-electron chi connectivity index (χ1n) is 7.42. The molecule has 0 aromatic heterocycles. The number of para-hydroxylation sites is 2. The normalized spacial score (nSPS) is 11.4. The first-order chi connectivity index (χ1) is 11.6. The highest BCUT2D eigenvalue weighted by Crippen LogP contribution is 2.25. The van der Waals surface area contributed by atoms with Gasteiger partial charge in [-0.15, -0.1) is 0 Å². The molecule has 24 heavy (non-hydrogen) atoms. The largest absolute Gasteiger partial charge is 0.493 e. The van der Waals surface area contributed by atoms with Crippen LogP contribution < -0.4 is 14.8 Å². The van der Waals surface area contributed by atoms with E-state index in [1.807, 2.05) is 6.07 Å². The van der Waals surface area contributed by atoms with Gasteiger partial charge in [-0.05, 0) is 17.7 Å². The molecule has 2 rings (SSSR count). The van der Waals surface area contributed by atoms with Gasteiger partial charge in [-0.3, -0.25) is 9.59 Å². The lowest BCUT2D eigenvalue weighted by atomic mass is 10.0. The van der Waals surface area contributed by atoms with Crippen molar-refractivity contribution in [1.29, 1.82) is 0 Å². The quantitative estimate of drug-likeness (QED) is 0.777. The lowest BCUT2D eigenvalue weighted by Crippen LogP contribution is -2.33. The predicted molar refractivity (Wildman–Crippen MR) is 88.1 cm³/mol. The minimum absolute atomic E-state index is 0.204. The number of aliphatic carboxylic acids is 1. The molecule has 126 valence electrons. The van der Waals surface area contributed by atoms with Crippen molar-refractivity contribution >= 4 is 11.9 Å². The van der Waals surface area contributed by atoms with Gasteiger partial charge in [0, 0.05) is 0 Å². The smallest absolute Gasteiger partial charge is 0.305 e. The highest BCUT2D eigenvalue weighted by molar-refractivity contribution is 5.79. The summed E-state index contributed by atoms with van der Waals surface area (Å²) in [4.78, 5) is 23.1. The minimum Gasteiger partial charge on any atom is -0.493 e. The Morgan fingerprint density at radius 1 is 1.04 bits per heavy atom. The average Bonchev–Trinajstić information content (AvgIpc) is 2.60. The molecule has 2 aromatic carbocycles. The molecule has 6 nitrogen and oxygen atoms in total. The number of ether oxygens (including phenoxy) is 2. The third-order valence-electron chi connectivity index (χ3n) is 3.34. The van der Waals surface area contributed by atoms with Gasteiger partial charge in [0.2, 0.25) is 0 Å². The molecule has 0 saturated heterocycles. The number of carbonyl (C=O) groups is 2. The van der Waals surface area contributed by atoms with Crippen molar-refractivity contribution in [3.8, 4) is 11.5 Å². The molecule has 2 N–H and O–H groups in total. The highest BCUT2D eigenvalue weighted by atomic mass is 16.5. The molecule has 0 bridgehead atoms. The van der Waals surface area contributed by atoms with Crippen LogP contribution in [0.1, 0.15) is 18.0 Å². The highest BCUT2D eigenvalue weighted by Gasteiger charge is 2.18. The van der Waals surface area contributed by atoms with Gasteiger partial charge in [0.05, 0.1) is 19.6 Å². The van der Waals surface area contributed by atoms with E-state index in [9.17, 15) is 9.59 Å². The molecular weight excluding hydrogens is 310 g/mol. The van der Waals surface area contributed by atoms with Crippen molar-refractivity contribution in [2.75, 3.05) is 13.7 Å². The van der Waals surface area contributed by atoms with E-state index in [1.165, 1.54) is 7.11 Å². The van der Waals surface area contributed by atoms with Gasteiger partial charge in [0.1, 0.15) is 0 Å². The summed E-state index contributed by atoms with van der Waals surface area (Å²) in [6.07, 6.45) is -0.204. The maximum atomic E-state index is 12.1.